The molecular formula is C48H29NOS2. The molecule has 0 bridgehead atoms. The normalized spacial score (nSPS) is 11.8. The lowest BCUT2D eigenvalue weighted by Gasteiger charge is -2.29. The highest BCUT2D eigenvalue weighted by Crippen LogP contribution is 2.53. The van der Waals surface area contributed by atoms with Gasteiger partial charge in [0.2, 0.25) is 0 Å². The maximum Gasteiger partial charge on any atom is 0.145 e. The third-order valence-electron chi connectivity index (χ3n) is 10.3. The highest BCUT2D eigenvalue weighted by Gasteiger charge is 2.27. The molecule has 11 aromatic rings. The summed E-state index contributed by atoms with van der Waals surface area (Å²) in [5.41, 5.74) is 9.76. The van der Waals surface area contributed by atoms with Crippen molar-refractivity contribution in [3.63, 3.8) is 0 Å². The van der Waals surface area contributed by atoms with E-state index < -0.39 is 0 Å². The van der Waals surface area contributed by atoms with Crippen LogP contribution in [-0.4, -0.2) is 0 Å². The molecule has 244 valence electrons. The Hall–Kier alpha value is -6.20. The highest BCUT2D eigenvalue weighted by atomic mass is 32.1. The monoisotopic (exact) mass is 699 g/mol. The average Bonchev–Trinajstić information content (AvgIpc) is 3.90. The third-order valence-corrected chi connectivity index (χ3v) is 12.5. The molecule has 8 aromatic carbocycles. The van der Waals surface area contributed by atoms with Gasteiger partial charge in [-0.25, -0.2) is 0 Å². The van der Waals surface area contributed by atoms with Crippen LogP contribution in [0.3, 0.4) is 0 Å². The maximum atomic E-state index is 6.86. The van der Waals surface area contributed by atoms with Gasteiger partial charge in [0.1, 0.15) is 11.2 Å². The number of fused-ring (bicyclic) bond motifs is 9. The molecule has 11 rings (SSSR count). The van der Waals surface area contributed by atoms with Gasteiger partial charge in [-0.1, -0.05) is 121 Å². The predicted molar refractivity (Wildman–Crippen MR) is 225 cm³/mol. The molecule has 2 nitrogen and oxygen atoms in total. The third kappa shape index (κ3) is 4.48. The van der Waals surface area contributed by atoms with Crippen molar-refractivity contribution in [2.24, 2.45) is 0 Å². The van der Waals surface area contributed by atoms with Crippen LogP contribution < -0.4 is 4.90 Å². The number of benzene rings is 8. The summed E-state index contributed by atoms with van der Waals surface area (Å²) in [6, 6.07) is 63.6. The number of hydrogen-bond acceptors (Lipinski definition) is 4. The second-order valence-electron chi connectivity index (χ2n) is 13.2. The largest absolute Gasteiger partial charge is 0.455 e. The van der Waals surface area contributed by atoms with Crippen molar-refractivity contribution in [3.8, 4) is 22.3 Å². The summed E-state index contributed by atoms with van der Waals surface area (Å²) in [5, 5.41) is 7.25. The molecule has 3 heterocycles. The first kappa shape index (κ1) is 29.5. The first-order chi connectivity index (χ1) is 25.8. The second kappa shape index (κ2) is 11.7. The smallest absolute Gasteiger partial charge is 0.145 e. The zero-order valence-corrected chi connectivity index (χ0v) is 29.5. The van der Waals surface area contributed by atoms with Gasteiger partial charge in [0, 0.05) is 51.3 Å². The predicted octanol–water partition coefficient (Wildman–Crippen LogP) is 15.1. The van der Waals surface area contributed by atoms with Crippen molar-refractivity contribution in [1.82, 2.24) is 0 Å². The fourth-order valence-electron chi connectivity index (χ4n) is 7.98. The van der Waals surface area contributed by atoms with E-state index in [2.05, 4.69) is 181 Å². The van der Waals surface area contributed by atoms with Crippen LogP contribution in [0.4, 0.5) is 17.1 Å². The average molecular weight is 700 g/mol. The molecule has 3 aromatic heterocycles. The molecule has 0 spiro atoms. The Labute approximate surface area is 308 Å². The molecule has 0 saturated heterocycles. The maximum absolute atomic E-state index is 6.86. The van der Waals surface area contributed by atoms with Gasteiger partial charge in [0.15, 0.2) is 0 Å². The molecule has 4 heteroatoms. The Morgan fingerprint density at radius 3 is 1.69 bits per heavy atom. The molecule has 0 aliphatic heterocycles. The van der Waals surface area contributed by atoms with Crippen LogP contribution in [0.1, 0.15) is 0 Å². The Balaban J connectivity index is 1.34. The van der Waals surface area contributed by atoms with Gasteiger partial charge in [-0.3, -0.25) is 0 Å². The quantitative estimate of drug-likeness (QED) is 0.178. The molecule has 52 heavy (non-hydrogen) atoms. The van der Waals surface area contributed by atoms with Crippen molar-refractivity contribution in [1.29, 1.82) is 0 Å². The molecule has 0 amide bonds. The molecule has 0 aliphatic rings. The van der Waals surface area contributed by atoms with Gasteiger partial charge < -0.3 is 9.32 Å². The molecule has 0 fully saturated rings. The lowest BCUT2D eigenvalue weighted by molar-refractivity contribution is 0.670. The van der Waals surface area contributed by atoms with Crippen LogP contribution in [-0.2, 0) is 0 Å². The van der Waals surface area contributed by atoms with Crippen LogP contribution in [0.2, 0.25) is 0 Å². The number of anilines is 3. The van der Waals surface area contributed by atoms with Crippen molar-refractivity contribution in [2.75, 3.05) is 4.90 Å². The molecule has 0 radical (unpaired) electrons. The van der Waals surface area contributed by atoms with Crippen LogP contribution in [0.5, 0.6) is 0 Å². The Morgan fingerprint density at radius 2 is 0.942 bits per heavy atom. The van der Waals surface area contributed by atoms with Gasteiger partial charge in [-0.05, 0) is 71.3 Å². The van der Waals surface area contributed by atoms with Crippen LogP contribution >= 0.6 is 22.7 Å². The highest BCUT2D eigenvalue weighted by molar-refractivity contribution is 7.26. The standard InChI is InChI=1S/C48H29NOS2/c1-3-14-30(15-4-1)32-28-39(46-36-20-9-12-24-42(36)52-44(46)29-32)49(37-21-13-25-43-45(37)35-19-8-11-23-41(35)51-43)38-27-26-33(31-16-5-2-6-17-31)48-47(38)34-18-7-10-22-40(34)50-48/h1-29H. The molecule has 0 saturated carbocycles. The number of nitrogens with zero attached hydrogens (tertiary/aromatic N) is 1. The number of furan rings is 1. The zero-order valence-electron chi connectivity index (χ0n) is 27.9. The lowest BCUT2D eigenvalue weighted by atomic mass is 9.97. The minimum Gasteiger partial charge on any atom is -0.455 e. The van der Waals surface area contributed by atoms with Gasteiger partial charge in [-0.2, -0.15) is 0 Å². The SMILES string of the molecule is c1ccc(-c2cc(N(c3cccc4sc5ccccc5c34)c3ccc(-c4ccccc4)c4oc5ccccc5c34)c3c(c2)sc2ccccc23)cc1. The van der Waals surface area contributed by atoms with E-state index in [4.69, 9.17) is 4.42 Å². The van der Waals surface area contributed by atoms with Crippen LogP contribution in [0, 0.1) is 0 Å². The fraction of sp³-hybridized carbons (Fsp3) is 0. The fourth-order valence-corrected chi connectivity index (χ4v) is 10.3. The summed E-state index contributed by atoms with van der Waals surface area (Å²) in [6.45, 7) is 0. The summed E-state index contributed by atoms with van der Waals surface area (Å²) < 4.78 is 12.0. The van der Waals surface area contributed by atoms with E-state index in [9.17, 15) is 0 Å². The molecule has 0 N–H and O–H groups in total. The van der Waals surface area contributed by atoms with Crippen LogP contribution in [0.25, 0.3) is 84.5 Å². The van der Waals surface area contributed by atoms with E-state index in [-0.39, 0.29) is 0 Å². The number of hydrogen-bond donors (Lipinski definition) is 0. The summed E-state index contributed by atoms with van der Waals surface area (Å²) in [7, 11) is 0. The van der Waals surface area contributed by atoms with E-state index in [1.54, 1.807) is 0 Å². The van der Waals surface area contributed by atoms with Crippen molar-refractivity contribution >= 4 is 102 Å². The molecule has 0 aliphatic carbocycles. The first-order valence-electron chi connectivity index (χ1n) is 17.5. The van der Waals surface area contributed by atoms with Gasteiger partial charge in [0.05, 0.1) is 22.4 Å². The topological polar surface area (TPSA) is 16.4 Å². The first-order valence-corrected chi connectivity index (χ1v) is 19.1. The number of thiophene rings is 2. The minimum atomic E-state index is 0.880. The summed E-state index contributed by atoms with van der Waals surface area (Å²) in [5.74, 6) is 0. The van der Waals surface area contributed by atoms with Crippen molar-refractivity contribution in [2.45, 2.75) is 0 Å². The second-order valence-corrected chi connectivity index (χ2v) is 15.4. The van der Waals surface area contributed by atoms with E-state index in [0.717, 1.165) is 50.1 Å². The van der Waals surface area contributed by atoms with Crippen LogP contribution in [0.15, 0.2) is 180 Å². The zero-order chi connectivity index (χ0) is 34.2. The van der Waals surface area contributed by atoms with Gasteiger partial charge in [-0.15, -0.1) is 22.7 Å². The summed E-state index contributed by atoms with van der Waals surface area (Å²) in [4.78, 5) is 2.54. The van der Waals surface area contributed by atoms with E-state index in [0.29, 0.717) is 0 Å². The Morgan fingerprint density at radius 1 is 0.365 bits per heavy atom. The summed E-state index contributed by atoms with van der Waals surface area (Å²) >= 11 is 3.72. The Bertz CT molecular complexity index is 3130. The minimum absolute atomic E-state index is 0.880. The van der Waals surface area contributed by atoms with Gasteiger partial charge >= 0.3 is 0 Å². The van der Waals surface area contributed by atoms with E-state index in [1.807, 2.05) is 22.7 Å². The lowest BCUT2D eigenvalue weighted by Crippen LogP contribution is -2.11. The van der Waals surface area contributed by atoms with Crippen molar-refractivity contribution in [3.05, 3.63) is 176 Å². The molecule has 0 atom stereocenters. The molecular weight excluding hydrogens is 671 g/mol. The molecule has 0 unspecified atom stereocenters. The van der Waals surface area contributed by atoms with E-state index >= 15 is 0 Å². The van der Waals surface area contributed by atoms with Crippen molar-refractivity contribution < 1.29 is 4.42 Å². The van der Waals surface area contributed by atoms with Gasteiger partial charge in [0.25, 0.3) is 0 Å². The van der Waals surface area contributed by atoms with E-state index in [1.165, 1.54) is 51.5 Å². The summed E-state index contributed by atoms with van der Waals surface area (Å²) in [6.07, 6.45) is 0. The number of para-hydroxylation sites is 1. The number of rotatable bonds is 5. The Kier molecular flexibility index (Phi) is 6.63.